The zero-order valence-corrected chi connectivity index (χ0v) is 11.0. The lowest BCUT2D eigenvalue weighted by atomic mass is 10.0. The molecule has 0 unspecified atom stereocenters. The van der Waals surface area contributed by atoms with Crippen molar-refractivity contribution in [1.82, 2.24) is 0 Å². The molecule has 1 aromatic rings. The molecule has 0 heterocycles. The summed E-state index contributed by atoms with van der Waals surface area (Å²) in [6.45, 7) is 6.54. The number of nitro benzene ring substituents is 1. The molecule has 100 valence electrons. The Kier molecular flexibility index (Phi) is 5.25. The van der Waals surface area contributed by atoms with Gasteiger partial charge in [0.2, 0.25) is 0 Å². The van der Waals surface area contributed by atoms with E-state index in [4.69, 9.17) is 9.47 Å². The number of hydrogen-bond donors (Lipinski definition) is 0. The average molecular weight is 253 g/mol. The number of rotatable bonds is 7. The van der Waals surface area contributed by atoms with E-state index in [1.807, 2.05) is 13.8 Å². The maximum absolute atomic E-state index is 10.9. The second-order valence-corrected chi connectivity index (χ2v) is 4.06. The van der Waals surface area contributed by atoms with Crippen LogP contribution < -0.4 is 0 Å². The van der Waals surface area contributed by atoms with Crippen LogP contribution in [0.5, 0.6) is 0 Å². The molecule has 18 heavy (non-hydrogen) atoms. The van der Waals surface area contributed by atoms with Crippen LogP contribution in [-0.4, -0.2) is 23.9 Å². The smallest absolute Gasteiger partial charge is 0.272 e. The highest BCUT2D eigenvalue weighted by atomic mass is 16.7. The molecule has 0 aliphatic heterocycles. The molecule has 5 nitrogen and oxygen atoms in total. The number of nitro groups is 1. The van der Waals surface area contributed by atoms with Crippen molar-refractivity contribution in [1.29, 1.82) is 0 Å². The van der Waals surface area contributed by atoms with E-state index in [1.54, 1.807) is 25.1 Å². The predicted molar refractivity (Wildman–Crippen MR) is 68.5 cm³/mol. The summed E-state index contributed by atoms with van der Waals surface area (Å²) in [5.74, 6) is -0.824. The molecular weight excluding hydrogens is 234 g/mol. The Morgan fingerprint density at radius 1 is 1.22 bits per heavy atom. The van der Waals surface area contributed by atoms with Gasteiger partial charge >= 0.3 is 0 Å². The fraction of sp³-hybridized carbons (Fsp3) is 0.538. The summed E-state index contributed by atoms with van der Waals surface area (Å²) in [5, 5.41) is 10.9. The fourth-order valence-electron chi connectivity index (χ4n) is 1.94. The van der Waals surface area contributed by atoms with E-state index >= 15 is 0 Å². The third kappa shape index (κ3) is 3.78. The maximum Gasteiger partial charge on any atom is 0.272 e. The van der Waals surface area contributed by atoms with Crippen LogP contribution in [0.1, 0.15) is 26.3 Å². The van der Waals surface area contributed by atoms with Gasteiger partial charge in [0, 0.05) is 31.3 Å². The normalized spacial score (nSPS) is 11.5. The van der Waals surface area contributed by atoms with E-state index in [1.165, 1.54) is 6.07 Å². The molecule has 0 saturated carbocycles. The first-order valence-corrected chi connectivity index (χ1v) is 6.02. The molecule has 0 bridgehead atoms. The molecule has 0 atom stereocenters. The summed E-state index contributed by atoms with van der Waals surface area (Å²) in [7, 11) is 0. The summed E-state index contributed by atoms with van der Waals surface area (Å²) in [5.41, 5.74) is 0.718. The Bertz CT molecular complexity index is 400. The van der Waals surface area contributed by atoms with Crippen LogP contribution in [0.25, 0.3) is 0 Å². The van der Waals surface area contributed by atoms with Crippen molar-refractivity contribution in [2.75, 3.05) is 13.2 Å². The van der Waals surface area contributed by atoms with E-state index in [-0.39, 0.29) is 10.6 Å². The van der Waals surface area contributed by atoms with Crippen LogP contribution in [0, 0.1) is 10.1 Å². The van der Waals surface area contributed by atoms with Crippen molar-refractivity contribution < 1.29 is 14.4 Å². The van der Waals surface area contributed by atoms with Crippen molar-refractivity contribution >= 4 is 5.69 Å². The van der Waals surface area contributed by atoms with Crippen LogP contribution >= 0.6 is 0 Å². The summed E-state index contributed by atoms with van der Waals surface area (Å²) in [4.78, 5) is 10.6. The highest BCUT2D eigenvalue weighted by Crippen LogP contribution is 2.25. The first-order chi connectivity index (χ1) is 8.52. The minimum atomic E-state index is -0.824. The second-order valence-electron chi connectivity index (χ2n) is 4.06. The highest BCUT2D eigenvalue weighted by Gasteiger charge is 2.28. The molecule has 5 heteroatoms. The van der Waals surface area contributed by atoms with Gasteiger partial charge in [-0.25, -0.2) is 0 Å². The molecule has 0 aliphatic rings. The monoisotopic (exact) mass is 253 g/mol. The summed E-state index contributed by atoms with van der Waals surface area (Å²) in [6, 6.07) is 6.66. The van der Waals surface area contributed by atoms with Gasteiger partial charge in [-0.05, 0) is 20.8 Å². The van der Waals surface area contributed by atoms with Gasteiger partial charge in [-0.2, -0.15) is 0 Å². The lowest BCUT2D eigenvalue weighted by Crippen LogP contribution is -2.35. The Balaban J connectivity index is 2.96. The molecule has 0 N–H and O–H groups in total. The molecule has 0 fully saturated rings. The highest BCUT2D eigenvalue weighted by molar-refractivity contribution is 5.40. The van der Waals surface area contributed by atoms with Gasteiger partial charge in [0.05, 0.1) is 4.92 Å². The second kappa shape index (κ2) is 6.47. The van der Waals surface area contributed by atoms with Crippen LogP contribution in [0.3, 0.4) is 0 Å². The molecule has 0 saturated heterocycles. The molecule has 1 aromatic carbocycles. The third-order valence-corrected chi connectivity index (χ3v) is 2.60. The minimum Gasteiger partial charge on any atom is -0.350 e. The zero-order valence-electron chi connectivity index (χ0n) is 11.0. The first kappa shape index (κ1) is 14.6. The van der Waals surface area contributed by atoms with Crippen LogP contribution in [0.2, 0.25) is 0 Å². The summed E-state index contributed by atoms with van der Waals surface area (Å²) in [6.07, 6.45) is 0.353. The molecule has 0 aliphatic carbocycles. The molecular formula is C13H19NO4. The molecule has 0 radical (unpaired) electrons. The Morgan fingerprint density at radius 3 is 2.28 bits per heavy atom. The van der Waals surface area contributed by atoms with Gasteiger partial charge < -0.3 is 9.47 Å². The van der Waals surface area contributed by atoms with Gasteiger partial charge in [-0.1, -0.05) is 18.2 Å². The van der Waals surface area contributed by atoms with Crippen LogP contribution in [0.15, 0.2) is 24.3 Å². The van der Waals surface area contributed by atoms with Crippen molar-refractivity contribution in [2.24, 2.45) is 0 Å². The van der Waals surface area contributed by atoms with Gasteiger partial charge in [0.15, 0.2) is 5.79 Å². The SMILES string of the molecule is CCOC(C)(Cc1ccccc1[N+](=O)[O-])OCC. The maximum atomic E-state index is 10.9. The third-order valence-electron chi connectivity index (χ3n) is 2.60. The van der Waals surface area contributed by atoms with E-state index in [2.05, 4.69) is 0 Å². The van der Waals surface area contributed by atoms with E-state index in [0.29, 0.717) is 25.2 Å². The quantitative estimate of drug-likeness (QED) is 0.426. The fourth-order valence-corrected chi connectivity index (χ4v) is 1.94. The number of hydrogen-bond acceptors (Lipinski definition) is 4. The van der Waals surface area contributed by atoms with Crippen LogP contribution in [0.4, 0.5) is 5.69 Å². The van der Waals surface area contributed by atoms with Gasteiger partial charge in [-0.3, -0.25) is 10.1 Å². The van der Waals surface area contributed by atoms with Crippen LogP contribution in [-0.2, 0) is 15.9 Å². The van der Waals surface area contributed by atoms with Gasteiger partial charge in [-0.15, -0.1) is 0 Å². The van der Waals surface area contributed by atoms with E-state index in [9.17, 15) is 10.1 Å². The summed E-state index contributed by atoms with van der Waals surface area (Å²) >= 11 is 0. The standard InChI is InChI=1S/C13H19NO4/c1-4-17-13(3,18-5-2)10-11-8-6-7-9-12(11)14(15)16/h6-9H,4-5,10H2,1-3H3. The predicted octanol–water partition coefficient (Wildman–Crippen LogP) is 2.93. The Morgan fingerprint density at radius 2 is 1.78 bits per heavy atom. The molecule has 0 spiro atoms. The van der Waals surface area contributed by atoms with Crippen molar-refractivity contribution in [3.05, 3.63) is 39.9 Å². The summed E-state index contributed by atoms with van der Waals surface area (Å²) < 4.78 is 11.1. The average Bonchev–Trinajstić information content (AvgIpc) is 2.29. The topological polar surface area (TPSA) is 61.6 Å². The number of ether oxygens (including phenoxy) is 2. The molecule has 1 rings (SSSR count). The molecule has 0 aromatic heterocycles. The number of nitrogens with zero attached hydrogens (tertiary/aromatic N) is 1. The van der Waals surface area contributed by atoms with Crippen molar-refractivity contribution in [2.45, 2.75) is 33.0 Å². The van der Waals surface area contributed by atoms with Gasteiger partial charge in [0.1, 0.15) is 0 Å². The largest absolute Gasteiger partial charge is 0.350 e. The van der Waals surface area contributed by atoms with E-state index in [0.717, 1.165) is 0 Å². The van der Waals surface area contributed by atoms with Gasteiger partial charge in [0.25, 0.3) is 5.69 Å². The number of benzene rings is 1. The lowest BCUT2D eigenvalue weighted by Gasteiger charge is -2.29. The minimum absolute atomic E-state index is 0.100. The van der Waals surface area contributed by atoms with E-state index < -0.39 is 5.79 Å². The first-order valence-electron chi connectivity index (χ1n) is 6.02. The molecule has 0 amide bonds. The van der Waals surface area contributed by atoms with Crippen molar-refractivity contribution in [3.8, 4) is 0 Å². The Labute approximate surface area is 107 Å². The zero-order chi connectivity index (χ0) is 13.6. The number of para-hydroxylation sites is 1. The Hall–Kier alpha value is -1.46. The van der Waals surface area contributed by atoms with Crippen molar-refractivity contribution in [3.63, 3.8) is 0 Å². The lowest BCUT2D eigenvalue weighted by molar-refractivity contribution is -0.386.